The van der Waals surface area contributed by atoms with Crippen molar-refractivity contribution in [2.75, 3.05) is 24.6 Å². The van der Waals surface area contributed by atoms with Crippen molar-refractivity contribution in [1.82, 2.24) is 9.88 Å². The van der Waals surface area contributed by atoms with Crippen molar-refractivity contribution in [3.63, 3.8) is 0 Å². The first-order valence-electron chi connectivity index (χ1n) is 5.78. The van der Waals surface area contributed by atoms with Crippen LogP contribution in [0.2, 0.25) is 0 Å². The summed E-state index contributed by atoms with van der Waals surface area (Å²) in [5, 5.41) is 13.5. The molecule has 0 aromatic carbocycles. The van der Waals surface area contributed by atoms with Crippen molar-refractivity contribution in [1.29, 1.82) is 0 Å². The van der Waals surface area contributed by atoms with E-state index in [1.165, 1.54) is 6.07 Å². The fourth-order valence-electron chi connectivity index (χ4n) is 1.49. The molecular weight excluding hydrogens is 250 g/mol. The van der Waals surface area contributed by atoms with Gasteiger partial charge in [0.1, 0.15) is 17.7 Å². The number of rotatable bonds is 5. The number of carbonyl (C=O) groups excluding carboxylic acids is 1. The zero-order chi connectivity index (χ0) is 14.6. The van der Waals surface area contributed by atoms with E-state index in [1.54, 1.807) is 18.9 Å². The average Bonchev–Trinajstić information content (AvgIpc) is 2.35. The van der Waals surface area contributed by atoms with E-state index in [2.05, 4.69) is 10.3 Å². The quantitative estimate of drug-likeness (QED) is 0.603. The van der Waals surface area contributed by atoms with Crippen LogP contribution in [0.25, 0.3) is 0 Å². The molecule has 8 nitrogen and oxygen atoms in total. The Labute approximate surface area is 110 Å². The van der Waals surface area contributed by atoms with Crippen LogP contribution in [-0.4, -0.2) is 40.3 Å². The van der Waals surface area contributed by atoms with Crippen molar-refractivity contribution in [2.24, 2.45) is 0 Å². The second-order valence-corrected chi connectivity index (χ2v) is 4.11. The Morgan fingerprint density at radius 3 is 2.79 bits per heavy atom. The SMILES string of the molecule is CCN(C)C(=O)C(C)Nc1cc([N+](=O)[O-])cc(N)n1. The molecule has 104 valence electrons. The first-order valence-corrected chi connectivity index (χ1v) is 5.78. The second kappa shape index (κ2) is 5.98. The summed E-state index contributed by atoms with van der Waals surface area (Å²) < 4.78 is 0. The van der Waals surface area contributed by atoms with Gasteiger partial charge in [-0.3, -0.25) is 14.9 Å². The molecule has 1 aromatic heterocycles. The lowest BCUT2D eigenvalue weighted by Crippen LogP contribution is -2.39. The van der Waals surface area contributed by atoms with Crippen LogP contribution < -0.4 is 11.1 Å². The van der Waals surface area contributed by atoms with E-state index >= 15 is 0 Å². The van der Waals surface area contributed by atoms with Gasteiger partial charge in [0.15, 0.2) is 0 Å². The molecule has 1 atom stereocenters. The van der Waals surface area contributed by atoms with Gasteiger partial charge in [0.2, 0.25) is 5.91 Å². The minimum absolute atomic E-state index is 0.0280. The van der Waals surface area contributed by atoms with Crippen LogP contribution in [0.5, 0.6) is 0 Å². The maximum absolute atomic E-state index is 11.9. The molecule has 0 spiro atoms. The number of pyridine rings is 1. The van der Waals surface area contributed by atoms with Gasteiger partial charge in [-0.05, 0) is 13.8 Å². The number of hydrogen-bond acceptors (Lipinski definition) is 6. The molecule has 1 amide bonds. The maximum Gasteiger partial charge on any atom is 0.276 e. The van der Waals surface area contributed by atoms with Crippen LogP contribution >= 0.6 is 0 Å². The lowest BCUT2D eigenvalue weighted by molar-refractivity contribution is -0.384. The predicted octanol–water partition coefficient (Wildman–Crippen LogP) is 0.851. The number of anilines is 2. The minimum atomic E-state index is -0.562. The number of nitrogens with one attached hydrogen (secondary N) is 1. The molecule has 1 unspecified atom stereocenters. The summed E-state index contributed by atoms with van der Waals surface area (Å²) in [6.45, 7) is 4.09. The minimum Gasteiger partial charge on any atom is -0.383 e. The van der Waals surface area contributed by atoms with E-state index < -0.39 is 11.0 Å². The van der Waals surface area contributed by atoms with Crippen LogP contribution in [-0.2, 0) is 4.79 Å². The maximum atomic E-state index is 11.9. The molecule has 0 aliphatic rings. The fourth-order valence-corrected chi connectivity index (χ4v) is 1.49. The third-order valence-corrected chi connectivity index (χ3v) is 2.63. The first kappa shape index (κ1) is 14.7. The Kier molecular flexibility index (Phi) is 4.62. The number of nitrogens with two attached hydrogens (primary N) is 1. The number of amides is 1. The number of nitrogen functional groups attached to an aromatic ring is 1. The lowest BCUT2D eigenvalue weighted by atomic mass is 10.3. The molecule has 0 aliphatic carbocycles. The number of nitrogens with zero attached hydrogens (tertiary/aromatic N) is 3. The van der Waals surface area contributed by atoms with Gasteiger partial charge in [-0.15, -0.1) is 0 Å². The Morgan fingerprint density at radius 2 is 2.26 bits per heavy atom. The van der Waals surface area contributed by atoms with E-state index in [0.717, 1.165) is 6.07 Å². The molecule has 1 rings (SSSR count). The van der Waals surface area contributed by atoms with Gasteiger partial charge in [-0.1, -0.05) is 0 Å². The summed E-state index contributed by atoms with van der Waals surface area (Å²) in [6, 6.07) is 1.86. The molecule has 0 fully saturated rings. The van der Waals surface area contributed by atoms with Crippen molar-refractivity contribution in [3.8, 4) is 0 Å². The summed E-state index contributed by atoms with van der Waals surface area (Å²) in [5.74, 6) is 0.103. The van der Waals surface area contributed by atoms with Gasteiger partial charge in [0.05, 0.1) is 17.1 Å². The van der Waals surface area contributed by atoms with Crippen molar-refractivity contribution in [2.45, 2.75) is 19.9 Å². The van der Waals surface area contributed by atoms with E-state index in [4.69, 9.17) is 5.73 Å². The number of nitro groups is 1. The van der Waals surface area contributed by atoms with E-state index in [0.29, 0.717) is 6.54 Å². The molecular formula is C11H17N5O3. The second-order valence-electron chi connectivity index (χ2n) is 4.11. The third kappa shape index (κ3) is 3.80. The van der Waals surface area contributed by atoms with Gasteiger partial charge in [0, 0.05) is 13.6 Å². The number of hydrogen-bond donors (Lipinski definition) is 2. The van der Waals surface area contributed by atoms with E-state index in [9.17, 15) is 14.9 Å². The molecule has 0 saturated heterocycles. The van der Waals surface area contributed by atoms with Gasteiger partial charge in [-0.25, -0.2) is 4.98 Å². The molecule has 0 radical (unpaired) electrons. The highest BCUT2D eigenvalue weighted by Crippen LogP contribution is 2.19. The summed E-state index contributed by atoms with van der Waals surface area (Å²) >= 11 is 0. The molecule has 1 heterocycles. The molecule has 3 N–H and O–H groups in total. The summed E-state index contributed by atoms with van der Waals surface area (Å²) in [5.41, 5.74) is 5.32. The largest absolute Gasteiger partial charge is 0.383 e. The number of carbonyl (C=O) groups is 1. The molecule has 0 saturated carbocycles. The van der Waals surface area contributed by atoms with Gasteiger partial charge in [-0.2, -0.15) is 0 Å². The smallest absolute Gasteiger partial charge is 0.276 e. The van der Waals surface area contributed by atoms with Crippen LogP contribution in [0.4, 0.5) is 17.3 Å². The van der Waals surface area contributed by atoms with Gasteiger partial charge < -0.3 is 16.0 Å². The molecule has 1 aromatic rings. The summed E-state index contributed by atoms with van der Waals surface area (Å²) in [6.07, 6.45) is 0. The zero-order valence-corrected chi connectivity index (χ0v) is 11.1. The third-order valence-electron chi connectivity index (χ3n) is 2.63. The van der Waals surface area contributed by atoms with Crippen molar-refractivity contribution >= 4 is 23.2 Å². The Hall–Kier alpha value is -2.38. The first-order chi connectivity index (χ1) is 8.85. The standard InChI is InChI=1S/C11H17N5O3/c1-4-15(3)11(17)7(2)13-10-6-8(16(18)19)5-9(12)14-10/h5-7H,4H2,1-3H3,(H3,12,13,14). The highest BCUT2D eigenvalue weighted by molar-refractivity contribution is 5.83. The molecule has 0 aliphatic heterocycles. The van der Waals surface area contributed by atoms with Crippen LogP contribution in [0, 0.1) is 10.1 Å². The topological polar surface area (TPSA) is 114 Å². The average molecular weight is 267 g/mol. The highest BCUT2D eigenvalue weighted by atomic mass is 16.6. The van der Waals surface area contributed by atoms with Gasteiger partial charge in [0.25, 0.3) is 5.69 Å². The molecule has 19 heavy (non-hydrogen) atoms. The summed E-state index contributed by atoms with van der Waals surface area (Å²) in [4.78, 5) is 27.4. The van der Waals surface area contributed by atoms with Crippen LogP contribution in [0.3, 0.4) is 0 Å². The Bertz CT molecular complexity index is 491. The lowest BCUT2D eigenvalue weighted by Gasteiger charge is -2.20. The van der Waals surface area contributed by atoms with E-state index in [-0.39, 0.29) is 23.2 Å². The van der Waals surface area contributed by atoms with Gasteiger partial charge >= 0.3 is 0 Å². The zero-order valence-electron chi connectivity index (χ0n) is 11.1. The number of aromatic nitrogens is 1. The Morgan fingerprint density at radius 1 is 1.63 bits per heavy atom. The molecule has 8 heteroatoms. The monoisotopic (exact) mass is 267 g/mol. The highest BCUT2D eigenvalue weighted by Gasteiger charge is 2.18. The van der Waals surface area contributed by atoms with E-state index in [1.807, 2.05) is 6.92 Å². The van der Waals surface area contributed by atoms with Crippen LogP contribution in [0.1, 0.15) is 13.8 Å². The Balaban J connectivity index is 2.87. The summed E-state index contributed by atoms with van der Waals surface area (Å²) in [7, 11) is 1.68. The number of likely N-dealkylation sites (N-methyl/N-ethyl adjacent to an activating group) is 1. The predicted molar refractivity (Wildman–Crippen MR) is 71.7 cm³/mol. The van der Waals surface area contributed by atoms with Crippen molar-refractivity contribution in [3.05, 3.63) is 22.2 Å². The normalized spacial score (nSPS) is 11.7. The van der Waals surface area contributed by atoms with Crippen molar-refractivity contribution < 1.29 is 9.72 Å². The fraction of sp³-hybridized carbons (Fsp3) is 0.455. The van der Waals surface area contributed by atoms with Crippen LogP contribution in [0.15, 0.2) is 12.1 Å². The molecule has 0 bridgehead atoms.